The zero-order chi connectivity index (χ0) is 11.6. The van der Waals surface area contributed by atoms with Crippen LogP contribution in [0.15, 0.2) is 23.0 Å². The second kappa shape index (κ2) is 4.60. The van der Waals surface area contributed by atoms with Crippen molar-refractivity contribution in [1.29, 1.82) is 0 Å². The minimum atomic E-state index is 0.205. The minimum absolute atomic E-state index is 0.205. The SMILES string of the molecule is CC1CCC(CN)(N(C)Cc2ccoc2)C1. The van der Waals surface area contributed by atoms with Crippen molar-refractivity contribution in [1.82, 2.24) is 4.90 Å². The molecule has 0 bridgehead atoms. The van der Waals surface area contributed by atoms with Crippen LogP contribution in [-0.2, 0) is 6.54 Å². The number of nitrogens with two attached hydrogens (primary N) is 1. The van der Waals surface area contributed by atoms with Crippen LogP contribution in [-0.4, -0.2) is 24.0 Å². The average Bonchev–Trinajstić information content (AvgIpc) is 2.88. The molecule has 1 fully saturated rings. The van der Waals surface area contributed by atoms with Crippen LogP contribution in [0.25, 0.3) is 0 Å². The molecule has 0 aliphatic heterocycles. The van der Waals surface area contributed by atoms with Crippen molar-refractivity contribution in [2.24, 2.45) is 11.7 Å². The molecule has 3 nitrogen and oxygen atoms in total. The van der Waals surface area contributed by atoms with E-state index in [2.05, 4.69) is 18.9 Å². The first-order valence-corrected chi connectivity index (χ1v) is 6.09. The first-order chi connectivity index (χ1) is 7.66. The van der Waals surface area contributed by atoms with Gasteiger partial charge in [-0.3, -0.25) is 4.90 Å². The number of likely N-dealkylation sites (N-methyl/N-ethyl adjacent to an activating group) is 1. The summed E-state index contributed by atoms with van der Waals surface area (Å²) in [6.07, 6.45) is 7.29. The van der Waals surface area contributed by atoms with E-state index >= 15 is 0 Å². The monoisotopic (exact) mass is 222 g/mol. The summed E-state index contributed by atoms with van der Waals surface area (Å²) in [5.41, 5.74) is 7.43. The first kappa shape index (κ1) is 11.7. The normalized spacial score (nSPS) is 30.1. The van der Waals surface area contributed by atoms with E-state index < -0.39 is 0 Å². The van der Waals surface area contributed by atoms with Crippen LogP contribution in [0.3, 0.4) is 0 Å². The molecule has 3 heteroatoms. The van der Waals surface area contributed by atoms with Gasteiger partial charge in [0, 0.05) is 24.2 Å². The fraction of sp³-hybridized carbons (Fsp3) is 0.692. The van der Waals surface area contributed by atoms with Crippen LogP contribution in [0.2, 0.25) is 0 Å². The Balaban J connectivity index is 2.04. The highest BCUT2D eigenvalue weighted by atomic mass is 16.3. The molecule has 1 aliphatic carbocycles. The lowest BCUT2D eigenvalue weighted by molar-refractivity contribution is 0.120. The molecular formula is C13H22N2O. The molecule has 2 atom stereocenters. The van der Waals surface area contributed by atoms with Crippen LogP contribution in [0, 0.1) is 5.92 Å². The lowest BCUT2D eigenvalue weighted by Gasteiger charge is -2.38. The number of furan rings is 1. The number of hydrogen-bond donors (Lipinski definition) is 1. The maximum Gasteiger partial charge on any atom is 0.0947 e. The van der Waals surface area contributed by atoms with Crippen LogP contribution in [0.5, 0.6) is 0 Å². The summed E-state index contributed by atoms with van der Waals surface area (Å²) in [5.74, 6) is 0.801. The van der Waals surface area contributed by atoms with E-state index in [-0.39, 0.29) is 5.54 Å². The smallest absolute Gasteiger partial charge is 0.0947 e. The highest BCUT2D eigenvalue weighted by molar-refractivity contribution is 5.07. The maximum absolute atomic E-state index is 6.00. The summed E-state index contributed by atoms with van der Waals surface area (Å²) >= 11 is 0. The Morgan fingerprint density at radius 1 is 1.62 bits per heavy atom. The molecule has 0 amide bonds. The molecule has 1 aromatic rings. The Morgan fingerprint density at radius 2 is 2.44 bits per heavy atom. The van der Waals surface area contributed by atoms with E-state index in [1.807, 2.05) is 12.3 Å². The molecular weight excluding hydrogens is 200 g/mol. The highest BCUT2D eigenvalue weighted by Gasteiger charge is 2.39. The molecule has 90 valence electrons. The quantitative estimate of drug-likeness (QED) is 0.849. The lowest BCUT2D eigenvalue weighted by Crippen LogP contribution is -2.49. The predicted molar refractivity (Wildman–Crippen MR) is 65.0 cm³/mol. The van der Waals surface area contributed by atoms with Crippen molar-refractivity contribution in [3.63, 3.8) is 0 Å². The largest absolute Gasteiger partial charge is 0.472 e. The van der Waals surface area contributed by atoms with Crippen molar-refractivity contribution in [3.8, 4) is 0 Å². The molecule has 2 unspecified atom stereocenters. The highest BCUT2D eigenvalue weighted by Crippen LogP contribution is 2.38. The van der Waals surface area contributed by atoms with E-state index in [0.29, 0.717) is 0 Å². The minimum Gasteiger partial charge on any atom is -0.472 e. The Kier molecular flexibility index (Phi) is 3.36. The summed E-state index contributed by atoms with van der Waals surface area (Å²) in [6, 6.07) is 2.03. The molecule has 0 spiro atoms. The molecule has 2 rings (SSSR count). The summed E-state index contributed by atoms with van der Waals surface area (Å²) in [4.78, 5) is 2.40. The Labute approximate surface area is 97.6 Å². The molecule has 0 radical (unpaired) electrons. The third kappa shape index (κ3) is 2.15. The Hall–Kier alpha value is -0.800. The summed E-state index contributed by atoms with van der Waals surface area (Å²) in [7, 11) is 2.18. The van der Waals surface area contributed by atoms with E-state index in [1.165, 1.54) is 24.8 Å². The summed E-state index contributed by atoms with van der Waals surface area (Å²) < 4.78 is 5.11. The van der Waals surface area contributed by atoms with Crippen molar-refractivity contribution < 1.29 is 4.42 Å². The number of hydrogen-bond acceptors (Lipinski definition) is 3. The van der Waals surface area contributed by atoms with Gasteiger partial charge in [-0.1, -0.05) is 6.92 Å². The third-order valence-corrected chi connectivity index (χ3v) is 4.02. The molecule has 1 aliphatic rings. The van der Waals surface area contributed by atoms with Gasteiger partial charge in [-0.05, 0) is 38.3 Å². The summed E-state index contributed by atoms with van der Waals surface area (Å²) in [6.45, 7) is 4.01. The zero-order valence-corrected chi connectivity index (χ0v) is 10.3. The fourth-order valence-electron chi connectivity index (χ4n) is 2.88. The summed E-state index contributed by atoms with van der Waals surface area (Å²) in [5, 5.41) is 0. The van der Waals surface area contributed by atoms with Gasteiger partial charge in [0.2, 0.25) is 0 Å². The molecule has 1 aromatic heterocycles. The van der Waals surface area contributed by atoms with Gasteiger partial charge in [-0.25, -0.2) is 0 Å². The molecule has 2 N–H and O–H groups in total. The van der Waals surface area contributed by atoms with Gasteiger partial charge in [0.15, 0.2) is 0 Å². The van der Waals surface area contributed by atoms with Crippen LogP contribution in [0.4, 0.5) is 0 Å². The van der Waals surface area contributed by atoms with E-state index in [4.69, 9.17) is 10.2 Å². The van der Waals surface area contributed by atoms with Crippen molar-refractivity contribution in [3.05, 3.63) is 24.2 Å². The van der Waals surface area contributed by atoms with Crippen LogP contribution in [0.1, 0.15) is 31.7 Å². The van der Waals surface area contributed by atoms with Gasteiger partial charge in [0.25, 0.3) is 0 Å². The Bertz CT molecular complexity index is 323. The maximum atomic E-state index is 6.00. The van der Waals surface area contributed by atoms with Gasteiger partial charge in [-0.15, -0.1) is 0 Å². The second-order valence-corrected chi connectivity index (χ2v) is 5.26. The van der Waals surface area contributed by atoms with Crippen molar-refractivity contribution >= 4 is 0 Å². The molecule has 1 saturated carbocycles. The Morgan fingerprint density at radius 3 is 2.94 bits per heavy atom. The van der Waals surface area contributed by atoms with Gasteiger partial charge in [0.05, 0.1) is 12.5 Å². The predicted octanol–water partition coefficient (Wildman–Crippen LogP) is 2.23. The second-order valence-electron chi connectivity index (χ2n) is 5.26. The van der Waals surface area contributed by atoms with Crippen LogP contribution < -0.4 is 5.73 Å². The molecule has 0 aromatic carbocycles. The third-order valence-electron chi connectivity index (χ3n) is 4.02. The van der Waals surface area contributed by atoms with E-state index in [1.54, 1.807) is 6.26 Å². The molecule has 16 heavy (non-hydrogen) atoms. The number of rotatable bonds is 4. The van der Waals surface area contributed by atoms with Crippen molar-refractivity contribution in [2.45, 2.75) is 38.3 Å². The molecule has 1 heterocycles. The number of nitrogens with zero attached hydrogens (tertiary/aromatic N) is 1. The van der Waals surface area contributed by atoms with Crippen molar-refractivity contribution in [2.75, 3.05) is 13.6 Å². The van der Waals surface area contributed by atoms with Crippen LogP contribution >= 0.6 is 0 Å². The van der Waals surface area contributed by atoms with Gasteiger partial charge >= 0.3 is 0 Å². The lowest BCUT2D eigenvalue weighted by atomic mass is 9.94. The zero-order valence-electron chi connectivity index (χ0n) is 10.3. The van der Waals surface area contributed by atoms with Gasteiger partial charge in [0.1, 0.15) is 0 Å². The van der Waals surface area contributed by atoms with Gasteiger partial charge in [-0.2, -0.15) is 0 Å². The fourth-order valence-corrected chi connectivity index (χ4v) is 2.88. The standard InChI is InChI=1S/C13H22N2O/c1-11-3-5-13(7-11,10-14)15(2)8-12-4-6-16-9-12/h4,6,9,11H,3,5,7-8,10,14H2,1-2H3. The van der Waals surface area contributed by atoms with Gasteiger partial charge < -0.3 is 10.2 Å². The topological polar surface area (TPSA) is 42.4 Å². The van der Waals surface area contributed by atoms with E-state index in [9.17, 15) is 0 Å². The first-order valence-electron chi connectivity index (χ1n) is 6.09. The average molecular weight is 222 g/mol. The molecule has 0 saturated heterocycles. The van der Waals surface area contributed by atoms with E-state index in [0.717, 1.165) is 19.0 Å².